The Hall–Kier alpha value is -1.31. The molecule has 5 atom stereocenters. The molecule has 0 heterocycles. The second-order valence-electron chi connectivity index (χ2n) is 6.45. The molecule has 4 rings (SSSR count). The number of hydrogen-bond donors (Lipinski definition) is 0. The zero-order valence-corrected chi connectivity index (χ0v) is 11.3. The van der Waals surface area contributed by atoms with Crippen LogP contribution in [0.25, 0.3) is 0 Å². The lowest BCUT2D eigenvalue weighted by atomic mass is 9.75. The summed E-state index contributed by atoms with van der Waals surface area (Å²) >= 11 is 0. The normalized spacial score (nSPS) is 38.1. The van der Waals surface area contributed by atoms with Crippen LogP contribution in [0.3, 0.4) is 0 Å². The molecule has 2 saturated carbocycles. The predicted octanol–water partition coefficient (Wildman–Crippen LogP) is 3.48. The Labute approximate surface area is 114 Å². The van der Waals surface area contributed by atoms with Gasteiger partial charge >= 0.3 is 5.97 Å². The molecule has 0 N–H and O–H groups in total. The Bertz CT molecular complexity index is 522. The third-order valence-electron chi connectivity index (χ3n) is 5.81. The third-order valence-corrected chi connectivity index (χ3v) is 5.81. The summed E-state index contributed by atoms with van der Waals surface area (Å²) in [6.07, 6.45) is 4.72. The molecule has 19 heavy (non-hydrogen) atoms. The minimum Gasteiger partial charge on any atom is -0.469 e. The fourth-order valence-corrected chi connectivity index (χ4v) is 5.24. The quantitative estimate of drug-likeness (QED) is 0.757. The first-order chi connectivity index (χ1) is 9.29. The van der Waals surface area contributed by atoms with Gasteiger partial charge in [0.2, 0.25) is 0 Å². The number of hydrogen-bond acceptors (Lipinski definition) is 2. The first-order valence-corrected chi connectivity index (χ1v) is 7.45. The smallest absolute Gasteiger partial charge is 0.306 e. The lowest BCUT2D eigenvalue weighted by Gasteiger charge is -2.29. The number of benzene rings is 1. The molecule has 100 valence electrons. The standard InChI is InChI=1S/C17H20O2/c1-19-15(18)9-14-12-4-2-3-5-13(12)16-10-6-7-11(8-10)17(14)16/h2-5,10-11,14,16-17H,6-9H2,1H3/t10-,11+,14-,16-,17+/m1/s1. The maximum absolute atomic E-state index is 11.8. The highest BCUT2D eigenvalue weighted by atomic mass is 16.5. The molecule has 0 aromatic heterocycles. The van der Waals surface area contributed by atoms with E-state index in [-0.39, 0.29) is 5.97 Å². The van der Waals surface area contributed by atoms with Crippen molar-refractivity contribution in [2.75, 3.05) is 7.11 Å². The molecule has 0 aliphatic heterocycles. The number of esters is 1. The van der Waals surface area contributed by atoms with Gasteiger partial charge in [0.25, 0.3) is 0 Å². The number of carbonyl (C=O) groups is 1. The maximum atomic E-state index is 11.8. The van der Waals surface area contributed by atoms with E-state index in [1.165, 1.54) is 37.5 Å². The number of ether oxygens (including phenoxy) is 1. The summed E-state index contributed by atoms with van der Waals surface area (Å²) < 4.78 is 4.92. The Morgan fingerprint density at radius 3 is 2.74 bits per heavy atom. The van der Waals surface area contributed by atoms with E-state index < -0.39 is 0 Å². The number of carbonyl (C=O) groups excluding carboxylic acids is 1. The van der Waals surface area contributed by atoms with Gasteiger partial charge in [-0.3, -0.25) is 4.79 Å². The van der Waals surface area contributed by atoms with Crippen molar-refractivity contribution in [3.8, 4) is 0 Å². The molecule has 0 radical (unpaired) electrons. The van der Waals surface area contributed by atoms with Crippen molar-refractivity contribution in [3.05, 3.63) is 35.4 Å². The Morgan fingerprint density at radius 1 is 1.21 bits per heavy atom. The monoisotopic (exact) mass is 256 g/mol. The van der Waals surface area contributed by atoms with Crippen LogP contribution in [0.2, 0.25) is 0 Å². The Kier molecular flexibility index (Phi) is 2.48. The van der Waals surface area contributed by atoms with Crippen LogP contribution in [-0.4, -0.2) is 13.1 Å². The van der Waals surface area contributed by atoms with Gasteiger partial charge in [0.05, 0.1) is 13.5 Å². The highest BCUT2D eigenvalue weighted by Crippen LogP contribution is 2.66. The van der Waals surface area contributed by atoms with Gasteiger partial charge in [-0.1, -0.05) is 24.3 Å². The topological polar surface area (TPSA) is 26.3 Å². The zero-order chi connectivity index (χ0) is 13.0. The average Bonchev–Trinajstić information content (AvgIpc) is 3.11. The van der Waals surface area contributed by atoms with Gasteiger partial charge in [0, 0.05) is 0 Å². The minimum absolute atomic E-state index is 0.0526. The molecule has 3 aliphatic rings. The number of rotatable bonds is 2. The van der Waals surface area contributed by atoms with Crippen molar-refractivity contribution in [1.82, 2.24) is 0 Å². The van der Waals surface area contributed by atoms with E-state index in [0.29, 0.717) is 18.3 Å². The van der Waals surface area contributed by atoms with E-state index >= 15 is 0 Å². The van der Waals surface area contributed by atoms with E-state index in [1.807, 2.05) is 0 Å². The second-order valence-corrected chi connectivity index (χ2v) is 6.45. The largest absolute Gasteiger partial charge is 0.469 e. The fraction of sp³-hybridized carbons (Fsp3) is 0.588. The summed E-state index contributed by atoms with van der Waals surface area (Å²) in [5, 5.41) is 0. The molecule has 0 amide bonds. The number of fused-ring (bicyclic) bond motifs is 7. The second kappa shape index (κ2) is 4.09. The molecule has 1 aromatic rings. The van der Waals surface area contributed by atoms with Gasteiger partial charge in [0.1, 0.15) is 0 Å². The van der Waals surface area contributed by atoms with Gasteiger partial charge in [-0.25, -0.2) is 0 Å². The molecule has 0 unspecified atom stereocenters. The van der Waals surface area contributed by atoms with Crippen LogP contribution >= 0.6 is 0 Å². The van der Waals surface area contributed by atoms with Crippen molar-refractivity contribution in [1.29, 1.82) is 0 Å². The van der Waals surface area contributed by atoms with Gasteiger partial charge in [-0.2, -0.15) is 0 Å². The Balaban J connectivity index is 1.75. The lowest BCUT2D eigenvalue weighted by Crippen LogP contribution is -2.22. The van der Waals surface area contributed by atoms with Crippen molar-refractivity contribution in [2.45, 2.75) is 37.5 Å². The summed E-state index contributed by atoms with van der Waals surface area (Å²) in [6.45, 7) is 0. The van der Waals surface area contributed by atoms with Crippen LogP contribution in [-0.2, 0) is 9.53 Å². The molecule has 1 aromatic carbocycles. The minimum atomic E-state index is -0.0526. The molecule has 2 fully saturated rings. The summed E-state index contributed by atoms with van der Waals surface area (Å²) in [7, 11) is 1.50. The summed E-state index contributed by atoms with van der Waals surface area (Å²) in [5.74, 6) is 3.50. The molecule has 0 spiro atoms. The third kappa shape index (κ3) is 1.52. The van der Waals surface area contributed by atoms with E-state index in [1.54, 1.807) is 0 Å². The zero-order valence-electron chi connectivity index (χ0n) is 11.3. The molecule has 2 heteroatoms. The molecular formula is C17H20O2. The first-order valence-electron chi connectivity index (χ1n) is 7.45. The lowest BCUT2D eigenvalue weighted by molar-refractivity contribution is -0.141. The maximum Gasteiger partial charge on any atom is 0.306 e. The van der Waals surface area contributed by atoms with Crippen molar-refractivity contribution < 1.29 is 9.53 Å². The SMILES string of the molecule is COC(=O)C[C@@H]1c2ccccc2[C@H]2[C@@H]3CC[C@@H](C3)[C@H]21. The van der Waals surface area contributed by atoms with Crippen molar-refractivity contribution in [3.63, 3.8) is 0 Å². The van der Waals surface area contributed by atoms with Crippen molar-refractivity contribution in [2.24, 2.45) is 17.8 Å². The predicted molar refractivity (Wildman–Crippen MR) is 72.9 cm³/mol. The summed E-state index contributed by atoms with van der Waals surface area (Å²) in [5.41, 5.74) is 2.97. The van der Waals surface area contributed by atoms with Crippen molar-refractivity contribution >= 4 is 5.97 Å². The van der Waals surface area contributed by atoms with Crippen LogP contribution < -0.4 is 0 Å². The van der Waals surface area contributed by atoms with Crippen LogP contribution in [0.4, 0.5) is 0 Å². The molecule has 2 bridgehead atoms. The molecule has 0 saturated heterocycles. The van der Waals surface area contributed by atoms with E-state index in [2.05, 4.69) is 24.3 Å². The average molecular weight is 256 g/mol. The first kappa shape index (κ1) is 11.5. The van der Waals surface area contributed by atoms with Crippen LogP contribution in [0.1, 0.15) is 48.6 Å². The van der Waals surface area contributed by atoms with Gasteiger partial charge in [0.15, 0.2) is 0 Å². The van der Waals surface area contributed by atoms with E-state index in [4.69, 9.17) is 4.74 Å². The Morgan fingerprint density at radius 2 is 1.95 bits per heavy atom. The van der Waals surface area contributed by atoms with Gasteiger partial charge < -0.3 is 4.74 Å². The van der Waals surface area contributed by atoms with Crippen LogP contribution in [0.5, 0.6) is 0 Å². The fourth-order valence-electron chi connectivity index (χ4n) is 5.24. The van der Waals surface area contributed by atoms with E-state index in [0.717, 1.165) is 17.8 Å². The highest BCUT2D eigenvalue weighted by Gasteiger charge is 2.55. The molecule has 2 nitrogen and oxygen atoms in total. The number of methoxy groups -OCH3 is 1. The van der Waals surface area contributed by atoms with E-state index in [9.17, 15) is 4.79 Å². The van der Waals surface area contributed by atoms with Crippen LogP contribution in [0.15, 0.2) is 24.3 Å². The van der Waals surface area contributed by atoms with Gasteiger partial charge in [-0.05, 0) is 60.0 Å². The van der Waals surface area contributed by atoms with Gasteiger partial charge in [-0.15, -0.1) is 0 Å². The summed E-state index contributed by atoms with van der Waals surface area (Å²) in [4.78, 5) is 11.8. The highest BCUT2D eigenvalue weighted by molar-refractivity contribution is 5.71. The van der Waals surface area contributed by atoms with Crippen LogP contribution in [0, 0.1) is 17.8 Å². The molecule has 3 aliphatic carbocycles. The summed E-state index contributed by atoms with van der Waals surface area (Å²) in [6, 6.07) is 8.81. The molecular weight excluding hydrogens is 236 g/mol.